The molecule has 0 spiro atoms. The highest BCUT2D eigenvalue weighted by atomic mass is 19.1. The van der Waals surface area contributed by atoms with Crippen molar-refractivity contribution in [2.24, 2.45) is 5.92 Å². The second-order valence-corrected chi connectivity index (χ2v) is 5.62. The fourth-order valence-corrected chi connectivity index (χ4v) is 2.56. The molecule has 0 aliphatic carbocycles. The Labute approximate surface area is 113 Å². The number of nitrogens with zero attached hydrogens (tertiary/aromatic N) is 1. The van der Waals surface area contributed by atoms with E-state index in [2.05, 4.69) is 0 Å². The zero-order valence-electron chi connectivity index (χ0n) is 11.7. The number of rotatable bonds is 2. The number of anilines is 1. The third-order valence-electron chi connectivity index (χ3n) is 4.02. The van der Waals surface area contributed by atoms with Crippen LogP contribution in [-0.2, 0) is 0 Å². The molecule has 0 bridgehead atoms. The van der Waals surface area contributed by atoms with Crippen LogP contribution in [0.25, 0.3) is 0 Å². The molecule has 1 saturated heterocycles. The molecule has 3 nitrogen and oxygen atoms in total. The number of aliphatic hydroxyl groups is 2. The van der Waals surface area contributed by atoms with Crippen LogP contribution in [0.4, 0.5) is 10.1 Å². The molecular formula is C15H22FNO2. The van der Waals surface area contributed by atoms with Crippen LogP contribution < -0.4 is 4.90 Å². The van der Waals surface area contributed by atoms with E-state index in [0.717, 1.165) is 18.7 Å². The summed E-state index contributed by atoms with van der Waals surface area (Å²) in [5.74, 6) is -0.0154. The van der Waals surface area contributed by atoms with Crippen molar-refractivity contribution in [2.75, 3.05) is 18.0 Å². The SMILES string of the molecule is Cc1cc(N2CCC(C)C(O)C2)c([C@H](C)O)cc1F. The van der Waals surface area contributed by atoms with Gasteiger partial charge in [0.25, 0.3) is 0 Å². The molecule has 1 aliphatic heterocycles. The van der Waals surface area contributed by atoms with Crippen molar-refractivity contribution >= 4 is 5.69 Å². The summed E-state index contributed by atoms with van der Waals surface area (Å²) in [4.78, 5) is 2.04. The molecule has 1 aromatic rings. The van der Waals surface area contributed by atoms with E-state index in [4.69, 9.17) is 0 Å². The molecule has 1 aromatic carbocycles. The monoisotopic (exact) mass is 267 g/mol. The van der Waals surface area contributed by atoms with Crippen LogP contribution in [0.15, 0.2) is 12.1 Å². The zero-order valence-corrected chi connectivity index (χ0v) is 11.7. The largest absolute Gasteiger partial charge is 0.391 e. The van der Waals surface area contributed by atoms with Crippen LogP contribution in [0, 0.1) is 18.7 Å². The van der Waals surface area contributed by atoms with Crippen molar-refractivity contribution in [2.45, 2.75) is 39.4 Å². The highest BCUT2D eigenvalue weighted by Gasteiger charge is 2.26. The van der Waals surface area contributed by atoms with Crippen LogP contribution >= 0.6 is 0 Å². The molecule has 1 fully saturated rings. The molecule has 3 atom stereocenters. The van der Waals surface area contributed by atoms with Gasteiger partial charge in [-0.15, -0.1) is 0 Å². The summed E-state index contributed by atoms with van der Waals surface area (Å²) in [6.45, 7) is 6.74. The minimum atomic E-state index is -0.721. The number of hydrogen-bond acceptors (Lipinski definition) is 3. The van der Waals surface area contributed by atoms with Gasteiger partial charge in [-0.1, -0.05) is 6.92 Å². The van der Waals surface area contributed by atoms with E-state index >= 15 is 0 Å². The summed E-state index contributed by atoms with van der Waals surface area (Å²) >= 11 is 0. The normalized spacial score (nSPS) is 25.5. The van der Waals surface area contributed by atoms with Crippen LogP contribution in [0.2, 0.25) is 0 Å². The molecule has 1 heterocycles. The van der Waals surface area contributed by atoms with Crippen LogP contribution in [0.1, 0.15) is 37.5 Å². The fourth-order valence-electron chi connectivity index (χ4n) is 2.56. The van der Waals surface area contributed by atoms with Gasteiger partial charge < -0.3 is 15.1 Å². The Morgan fingerprint density at radius 2 is 2.11 bits per heavy atom. The van der Waals surface area contributed by atoms with Crippen molar-refractivity contribution in [3.8, 4) is 0 Å². The predicted molar refractivity (Wildman–Crippen MR) is 73.8 cm³/mol. The van der Waals surface area contributed by atoms with Gasteiger partial charge in [-0.25, -0.2) is 4.39 Å². The molecule has 0 amide bonds. The number of hydrogen-bond donors (Lipinski definition) is 2. The van der Waals surface area contributed by atoms with E-state index in [9.17, 15) is 14.6 Å². The number of aryl methyl sites for hydroxylation is 1. The minimum absolute atomic E-state index is 0.285. The Balaban J connectivity index is 2.35. The first-order chi connectivity index (χ1) is 8.90. The third kappa shape index (κ3) is 2.90. The average Bonchev–Trinajstić information content (AvgIpc) is 2.35. The van der Waals surface area contributed by atoms with E-state index < -0.39 is 6.10 Å². The van der Waals surface area contributed by atoms with Gasteiger partial charge in [0.05, 0.1) is 12.2 Å². The van der Waals surface area contributed by atoms with E-state index in [1.165, 1.54) is 6.07 Å². The topological polar surface area (TPSA) is 43.7 Å². The first-order valence-electron chi connectivity index (χ1n) is 6.81. The van der Waals surface area contributed by atoms with Gasteiger partial charge in [0.2, 0.25) is 0 Å². The Morgan fingerprint density at radius 3 is 2.68 bits per heavy atom. The quantitative estimate of drug-likeness (QED) is 0.864. The fraction of sp³-hybridized carbons (Fsp3) is 0.600. The maximum Gasteiger partial charge on any atom is 0.126 e. The second-order valence-electron chi connectivity index (χ2n) is 5.62. The third-order valence-corrected chi connectivity index (χ3v) is 4.02. The first-order valence-corrected chi connectivity index (χ1v) is 6.81. The lowest BCUT2D eigenvalue weighted by molar-refractivity contribution is 0.102. The molecule has 1 aliphatic rings. The van der Waals surface area contributed by atoms with E-state index in [1.54, 1.807) is 19.9 Å². The van der Waals surface area contributed by atoms with Gasteiger partial charge in [0, 0.05) is 24.3 Å². The summed E-state index contributed by atoms with van der Waals surface area (Å²) in [5.41, 5.74) is 1.98. The van der Waals surface area contributed by atoms with Gasteiger partial charge >= 0.3 is 0 Å². The minimum Gasteiger partial charge on any atom is -0.391 e. The standard InChI is InChI=1S/C15H22FNO2/c1-9-4-5-17(8-15(9)19)14-6-10(2)13(16)7-12(14)11(3)18/h6-7,9,11,15,18-19H,4-5,8H2,1-3H3/t9?,11-,15?/m0/s1. The number of halogens is 1. The lowest BCUT2D eigenvalue weighted by Gasteiger charge is -2.37. The molecule has 0 radical (unpaired) electrons. The molecule has 19 heavy (non-hydrogen) atoms. The summed E-state index contributed by atoms with van der Waals surface area (Å²) in [6.07, 6.45) is -0.195. The first kappa shape index (κ1) is 14.3. The van der Waals surface area contributed by atoms with E-state index in [0.29, 0.717) is 17.7 Å². The number of benzene rings is 1. The van der Waals surface area contributed by atoms with Crippen molar-refractivity contribution < 1.29 is 14.6 Å². The molecule has 0 aromatic heterocycles. The summed E-state index contributed by atoms with van der Waals surface area (Å²) < 4.78 is 13.6. The predicted octanol–water partition coefficient (Wildman–Crippen LogP) is 2.39. The van der Waals surface area contributed by atoms with Crippen LogP contribution in [0.3, 0.4) is 0 Å². The van der Waals surface area contributed by atoms with Gasteiger partial charge in [-0.2, -0.15) is 0 Å². The van der Waals surface area contributed by atoms with Crippen molar-refractivity contribution in [3.63, 3.8) is 0 Å². The summed E-state index contributed by atoms with van der Waals surface area (Å²) in [5, 5.41) is 19.8. The van der Waals surface area contributed by atoms with Gasteiger partial charge in [0.15, 0.2) is 0 Å². The smallest absolute Gasteiger partial charge is 0.126 e. The second kappa shape index (κ2) is 5.47. The number of aliphatic hydroxyl groups excluding tert-OH is 2. The number of β-amino-alcohol motifs (C(OH)–C–C–N with tert-alkyl or cyclic N) is 1. The maximum atomic E-state index is 13.6. The Bertz CT molecular complexity index is 462. The number of piperidine rings is 1. The van der Waals surface area contributed by atoms with Gasteiger partial charge in [0.1, 0.15) is 5.82 Å². The molecule has 0 saturated carbocycles. The molecule has 2 rings (SSSR count). The summed E-state index contributed by atoms with van der Waals surface area (Å²) in [7, 11) is 0. The van der Waals surface area contributed by atoms with Crippen molar-refractivity contribution in [1.82, 2.24) is 0 Å². The Kier molecular flexibility index (Phi) is 4.11. The van der Waals surface area contributed by atoms with Gasteiger partial charge in [-0.05, 0) is 43.9 Å². The van der Waals surface area contributed by atoms with Crippen molar-refractivity contribution in [3.05, 3.63) is 29.1 Å². The van der Waals surface area contributed by atoms with Crippen molar-refractivity contribution in [1.29, 1.82) is 0 Å². The molecule has 4 heteroatoms. The average molecular weight is 267 g/mol. The maximum absolute atomic E-state index is 13.6. The summed E-state index contributed by atoms with van der Waals surface area (Å²) in [6, 6.07) is 3.17. The molecule has 106 valence electrons. The highest BCUT2D eigenvalue weighted by molar-refractivity contribution is 5.57. The van der Waals surface area contributed by atoms with E-state index in [1.807, 2.05) is 11.8 Å². The lowest BCUT2D eigenvalue weighted by Crippen LogP contribution is -2.43. The zero-order chi connectivity index (χ0) is 14.2. The molecular weight excluding hydrogens is 245 g/mol. The Morgan fingerprint density at radius 1 is 1.42 bits per heavy atom. The lowest BCUT2D eigenvalue weighted by atomic mass is 9.94. The van der Waals surface area contributed by atoms with E-state index in [-0.39, 0.29) is 17.8 Å². The molecule has 2 N–H and O–H groups in total. The van der Waals surface area contributed by atoms with Gasteiger partial charge in [-0.3, -0.25) is 0 Å². The molecule has 2 unspecified atom stereocenters. The van der Waals surface area contributed by atoms with Crippen LogP contribution in [-0.4, -0.2) is 29.4 Å². The highest BCUT2D eigenvalue weighted by Crippen LogP contribution is 2.32. The Hall–Kier alpha value is -1.13. The van der Waals surface area contributed by atoms with Crippen LogP contribution in [0.5, 0.6) is 0 Å².